The number of carbonyl (C=O) groups excluding carboxylic acids is 1. The van der Waals surface area contributed by atoms with Gasteiger partial charge in [0.15, 0.2) is 5.82 Å². The van der Waals surface area contributed by atoms with Crippen molar-refractivity contribution in [2.24, 2.45) is 11.7 Å². The number of carbonyl (C=O) groups is 1. The maximum Gasteiger partial charge on any atom is 0.225 e. The third-order valence-corrected chi connectivity index (χ3v) is 5.07. The second-order valence-electron chi connectivity index (χ2n) is 7.39. The van der Waals surface area contributed by atoms with Gasteiger partial charge in [-0.3, -0.25) is 4.79 Å². The van der Waals surface area contributed by atoms with E-state index in [1.54, 1.807) is 6.20 Å². The van der Waals surface area contributed by atoms with Crippen LogP contribution in [-0.2, 0) is 11.3 Å². The number of aromatic nitrogens is 3. The molecule has 2 heterocycles. The van der Waals surface area contributed by atoms with Crippen LogP contribution in [0.3, 0.4) is 0 Å². The second kappa shape index (κ2) is 6.96. The molecule has 134 valence electrons. The van der Waals surface area contributed by atoms with E-state index in [4.69, 9.17) is 5.73 Å². The zero-order valence-electron chi connectivity index (χ0n) is 15.2. The van der Waals surface area contributed by atoms with Gasteiger partial charge in [0.1, 0.15) is 0 Å². The first-order valence-electron chi connectivity index (χ1n) is 8.92. The topological polar surface area (TPSA) is 85.8 Å². The van der Waals surface area contributed by atoms with Crippen LogP contribution in [0.15, 0.2) is 24.4 Å². The zero-order chi connectivity index (χ0) is 18.0. The molecule has 1 aliphatic rings. The SMILES string of the molecule is Cc1cc(C)n(-c2ccc(CNC(=O)C3CCCCC3(C)N)cn2)n1. The van der Waals surface area contributed by atoms with Crippen LogP contribution in [0.5, 0.6) is 0 Å². The van der Waals surface area contributed by atoms with Crippen molar-refractivity contribution in [1.82, 2.24) is 20.1 Å². The average molecular weight is 341 g/mol. The number of hydrogen-bond donors (Lipinski definition) is 2. The molecule has 1 amide bonds. The van der Waals surface area contributed by atoms with Gasteiger partial charge in [0.05, 0.1) is 11.6 Å². The molecule has 2 aromatic heterocycles. The third-order valence-electron chi connectivity index (χ3n) is 5.07. The van der Waals surface area contributed by atoms with Crippen LogP contribution in [0.4, 0.5) is 0 Å². The second-order valence-corrected chi connectivity index (χ2v) is 7.39. The van der Waals surface area contributed by atoms with Gasteiger partial charge < -0.3 is 11.1 Å². The molecule has 6 nitrogen and oxygen atoms in total. The van der Waals surface area contributed by atoms with Crippen LogP contribution >= 0.6 is 0 Å². The smallest absolute Gasteiger partial charge is 0.225 e. The van der Waals surface area contributed by atoms with Crippen molar-refractivity contribution in [3.05, 3.63) is 41.3 Å². The van der Waals surface area contributed by atoms with Crippen LogP contribution in [0, 0.1) is 19.8 Å². The number of nitrogens with zero attached hydrogens (tertiary/aromatic N) is 3. The molecule has 3 N–H and O–H groups in total. The van der Waals surface area contributed by atoms with Crippen molar-refractivity contribution >= 4 is 5.91 Å². The van der Waals surface area contributed by atoms with E-state index in [1.807, 2.05) is 43.7 Å². The number of nitrogens with one attached hydrogen (secondary N) is 1. The first kappa shape index (κ1) is 17.6. The van der Waals surface area contributed by atoms with Gasteiger partial charge in [-0.1, -0.05) is 18.9 Å². The average Bonchev–Trinajstić information content (AvgIpc) is 2.91. The Morgan fingerprint density at radius 1 is 1.40 bits per heavy atom. The highest BCUT2D eigenvalue weighted by Crippen LogP contribution is 2.31. The van der Waals surface area contributed by atoms with Crippen LogP contribution in [-0.4, -0.2) is 26.2 Å². The Morgan fingerprint density at radius 3 is 2.80 bits per heavy atom. The monoisotopic (exact) mass is 341 g/mol. The molecule has 3 rings (SSSR count). The summed E-state index contributed by atoms with van der Waals surface area (Å²) in [5, 5.41) is 7.45. The molecule has 2 unspecified atom stereocenters. The van der Waals surface area contributed by atoms with Crippen molar-refractivity contribution in [2.45, 2.75) is 58.5 Å². The maximum atomic E-state index is 12.5. The maximum absolute atomic E-state index is 12.5. The summed E-state index contributed by atoms with van der Waals surface area (Å²) in [6.07, 6.45) is 5.74. The highest BCUT2D eigenvalue weighted by atomic mass is 16.1. The van der Waals surface area contributed by atoms with Crippen molar-refractivity contribution in [3.8, 4) is 5.82 Å². The Kier molecular flexibility index (Phi) is 4.90. The van der Waals surface area contributed by atoms with Gasteiger partial charge in [0.2, 0.25) is 5.91 Å². The van der Waals surface area contributed by atoms with Crippen LogP contribution in [0.2, 0.25) is 0 Å². The lowest BCUT2D eigenvalue weighted by molar-refractivity contribution is -0.128. The van der Waals surface area contributed by atoms with E-state index < -0.39 is 5.54 Å². The number of aryl methyl sites for hydroxylation is 2. The van der Waals surface area contributed by atoms with Crippen LogP contribution in [0.1, 0.15) is 49.6 Å². The minimum Gasteiger partial charge on any atom is -0.352 e. The van der Waals surface area contributed by atoms with E-state index in [0.29, 0.717) is 6.54 Å². The van der Waals surface area contributed by atoms with Gasteiger partial charge in [-0.25, -0.2) is 9.67 Å². The Labute approximate surface area is 148 Å². The fourth-order valence-electron chi connectivity index (χ4n) is 3.61. The number of pyridine rings is 1. The van der Waals surface area contributed by atoms with E-state index >= 15 is 0 Å². The molecule has 6 heteroatoms. The molecule has 0 aliphatic heterocycles. The van der Waals surface area contributed by atoms with Gasteiger partial charge in [0.25, 0.3) is 0 Å². The highest BCUT2D eigenvalue weighted by molar-refractivity contribution is 5.80. The molecule has 1 saturated carbocycles. The number of amides is 1. The molecule has 1 aliphatic carbocycles. The van der Waals surface area contributed by atoms with Crippen molar-refractivity contribution in [1.29, 1.82) is 0 Å². The molecule has 25 heavy (non-hydrogen) atoms. The number of nitrogens with two attached hydrogens (primary N) is 1. The third kappa shape index (κ3) is 3.90. The predicted molar refractivity (Wildman–Crippen MR) is 97.2 cm³/mol. The number of rotatable bonds is 4. The molecule has 0 spiro atoms. The van der Waals surface area contributed by atoms with Gasteiger partial charge >= 0.3 is 0 Å². The summed E-state index contributed by atoms with van der Waals surface area (Å²) in [6.45, 7) is 6.42. The van der Waals surface area contributed by atoms with E-state index in [0.717, 1.165) is 48.5 Å². The van der Waals surface area contributed by atoms with Gasteiger partial charge in [-0.15, -0.1) is 0 Å². The van der Waals surface area contributed by atoms with Crippen molar-refractivity contribution in [3.63, 3.8) is 0 Å². The quantitative estimate of drug-likeness (QED) is 0.894. The summed E-state index contributed by atoms with van der Waals surface area (Å²) in [5.41, 5.74) is 8.88. The molecule has 1 fully saturated rings. The largest absolute Gasteiger partial charge is 0.352 e. The number of hydrogen-bond acceptors (Lipinski definition) is 4. The molecule has 2 atom stereocenters. The molecule has 0 aromatic carbocycles. The van der Waals surface area contributed by atoms with Crippen LogP contribution in [0.25, 0.3) is 5.82 Å². The van der Waals surface area contributed by atoms with E-state index in [9.17, 15) is 4.79 Å². The molecular weight excluding hydrogens is 314 g/mol. The summed E-state index contributed by atoms with van der Waals surface area (Å²) in [6, 6.07) is 5.92. The Bertz CT molecular complexity index is 748. The fraction of sp³-hybridized carbons (Fsp3) is 0.526. The Morgan fingerprint density at radius 2 is 2.20 bits per heavy atom. The summed E-state index contributed by atoms with van der Waals surface area (Å²) in [5.74, 6) is 0.720. The van der Waals surface area contributed by atoms with Gasteiger partial charge in [0, 0.05) is 24.0 Å². The predicted octanol–water partition coefficient (Wildman–Crippen LogP) is 2.41. The van der Waals surface area contributed by atoms with Crippen molar-refractivity contribution in [2.75, 3.05) is 0 Å². The van der Waals surface area contributed by atoms with E-state index in [1.165, 1.54) is 0 Å². The molecule has 0 radical (unpaired) electrons. The summed E-state index contributed by atoms with van der Waals surface area (Å²) < 4.78 is 1.82. The van der Waals surface area contributed by atoms with Gasteiger partial charge in [-0.2, -0.15) is 5.10 Å². The summed E-state index contributed by atoms with van der Waals surface area (Å²) >= 11 is 0. The van der Waals surface area contributed by atoms with E-state index in [2.05, 4.69) is 15.4 Å². The van der Waals surface area contributed by atoms with E-state index in [-0.39, 0.29) is 11.8 Å². The lowest BCUT2D eigenvalue weighted by Crippen LogP contribution is -2.52. The lowest BCUT2D eigenvalue weighted by atomic mass is 9.74. The molecular formula is C19H27N5O. The minimum atomic E-state index is -0.403. The fourth-order valence-corrected chi connectivity index (χ4v) is 3.61. The first-order valence-corrected chi connectivity index (χ1v) is 8.92. The normalized spacial score (nSPS) is 23.4. The molecule has 0 saturated heterocycles. The minimum absolute atomic E-state index is 0.0484. The van der Waals surface area contributed by atoms with Crippen molar-refractivity contribution < 1.29 is 4.79 Å². The Balaban J connectivity index is 1.62. The zero-order valence-corrected chi connectivity index (χ0v) is 15.2. The van der Waals surface area contributed by atoms with Gasteiger partial charge in [-0.05, 0) is 51.3 Å². The van der Waals surface area contributed by atoms with Crippen LogP contribution < -0.4 is 11.1 Å². The first-order chi connectivity index (χ1) is 11.9. The highest BCUT2D eigenvalue weighted by Gasteiger charge is 2.37. The molecule has 0 bridgehead atoms. The summed E-state index contributed by atoms with van der Waals surface area (Å²) in [7, 11) is 0. The lowest BCUT2D eigenvalue weighted by Gasteiger charge is -2.37. The summed E-state index contributed by atoms with van der Waals surface area (Å²) in [4.78, 5) is 17.0. The molecule has 2 aromatic rings. The Hall–Kier alpha value is -2.21. The standard InChI is InChI=1S/C19H27N5O/c1-13-10-14(2)24(23-13)17-8-7-15(11-21-17)12-22-18(25)16-6-4-5-9-19(16,3)20/h7-8,10-11,16H,4-6,9,12,20H2,1-3H3,(H,22,25).